The number of likely N-dealkylation sites (N-methyl/N-ethyl adjacent to an activating group) is 1. The highest BCUT2D eigenvalue weighted by Crippen LogP contribution is 2.47. The molecule has 1 aliphatic heterocycles. The molecule has 2 fully saturated rings. The smallest absolute Gasteiger partial charge is 0.313 e. The van der Waals surface area contributed by atoms with Crippen molar-refractivity contribution in [3.63, 3.8) is 0 Å². The van der Waals surface area contributed by atoms with Crippen LogP contribution in [0.25, 0.3) is 0 Å². The summed E-state index contributed by atoms with van der Waals surface area (Å²) in [5.41, 5.74) is 2.39. The Morgan fingerprint density at radius 1 is 1.12 bits per heavy atom. The predicted molar refractivity (Wildman–Crippen MR) is 153 cm³/mol. The molecule has 0 saturated heterocycles. The topological polar surface area (TPSA) is 108 Å². The molecular formula is C32H39N3O5. The largest absolute Gasteiger partial charge is 0.481 e. The molecule has 1 heterocycles. The van der Waals surface area contributed by atoms with Crippen LogP contribution in [0, 0.1) is 11.3 Å². The quantitative estimate of drug-likeness (QED) is 0.419. The van der Waals surface area contributed by atoms with Crippen LogP contribution in [0.2, 0.25) is 0 Å². The Labute approximate surface area is 236 Å². The summed E-state index contributed by atoms with van der Waals surface area (Å²) in [6.07, 6.45) is 9.79. The Kier molecular flexibility index (Phi) is 9.74. The third-order valence-corrected chi connectivity index (χ3v) is 7.73. The number of ether oxygens (including phenoxy) is 1. The highest BCUT2D eigenvalue weighted by molar-refractivity contribution is 5.97. The van der Waals surface area contributed by atoms with E-state index in [-0.39, 0.29) is 24.3 Å². The summed E-state index contributed by atoms with van der Waals surface area (Å²) in [6.45, 7) is 4.79. The minimum atomic E-state index is -0.680. The van der Waals surface area contributed by atoms with E-state index in [0.717, 1.165) is 42.4 Å². The fraction of sp³-hybridized carbons (Fsp3) is 0.438. The van der Waals surface area contributed by atoms with Crippen LogP contribution in [-0.2, 0) is 25.7 Å². The summed E-state index contributed by atoms with van der Waals surface area (Å²) in [6, 6.07) is 17.6. The van der Waals surface area contributed by atoms with Gasteiger partial charge in [0.15, 0.2) is 6.61 Å². The van der Waals surface area contributed by atoms with Crippen molar-refractivity contribution in [2.45, 2.75) is 64.8 Å². The molecule has 1 atom stereocenters. The maximum atomic E-state index is 12.8. The van der Waals surface area contributed by atoms with Crippen molar-refractivity contribution in [2.75, 3.05) is 13.2 Å². The average molecular weight is 546 g/mol. The Hall–Kier alpha value is -3.94. The van der Waals surface area contributed by atoms with Crippen molar-refractivity contribution in [1.82, 2.24) is 10.3 Å². The van der Waals surface area contributed by atoms with Crippen LogP contribution in [0.3, 0.4) is 0 Å². The lowest BCUT2D eigenvalue weighted by molar-refractivity contribution is -0.141. The Balaban J connectivity index is 0.000000350. The molecule has 2 aromatic carbocycles. The van der Waals surface area contributed by atoms with Gasteiger partial charge in [-0.25, -0.2) is 5.01 Å². The van der Waals surface area contributed by atoms with Gasteiger partial charge in [-0.3, -0.25) is 14.4 Å². The fourth-order valence-corrected chi connectivity index (χ4v) is 5.37. The van der Waals surface area contributed by atoms with Gasteiger partial charge in [-0.05, 0) is 68.7 Å². The highest BCUT2D eigenvalue weighted by atomic mass is 16.5. The van der Waals surface area contributed by atoms with E-state index in [0.29, 0.717) is 24.9 Å². The second-order valence-electron chi connectivity index (χ2n) is 10.6. The molecule has 0 bridgehead atoms. The second-order valence-corrected chi connectivity index (χ2v) is 10.6. The predicted octanol–water partition coefficient (Wildman–Crippen LogP) is 5.24. The molecule has 2 aromatic rings. The number of nitrogens with zero attached hydrogens (tertiary/aromatic N) is 2. The number of aliphatic carboxylic acids is 1. The number of hydrazone groups is 1. The van der Waals surface area contributed by atoms with Gasteiger partial charge in [0.05, 0.1) is 17.9 Å². The van der Waals surface area contributed by atoms with Crippen molar-refractivity contribution in [1.29, 1.82) is 0 Å². The molecule has 2 N–H and O–H groups in total. The zero-order valence-electron chi connectivity index (χ0n) is 23.3. The van der Waals surface area contributed by atoms with E-state index in [4.69, 9.17) is 9.84 Å². The lowest BCUT2D eigenvalue weighted by Gasteiger charge is -2.25. The van der Waals surface area contributed by atoms with E-state index in [1.165, 1.54) is 17.9 Å². The van der Waals surface area contributed by atoms with E-state index in [1.54, 1.807) is 12.2 Å². The molecule has 2 aliphatic carbocycles. The van der Waals surface area contributed by atoms with Gasteiger partial charge in [-0.1, -0.05) is 67.5 Å². The Morgan fingerprint density at radius 2 is 1.80 bits per heavy atom. The SMILES string of the molecule is C/C=C\C1(C(=O)O)CC1.CCNC(=O)C(c1ccc(CN2N=C(c3ccccc3)OCC2=O)cc1)C1CCCC1. The summed E-state index contributed by atoms with van der Waals surface area (Å²) in [5.74, 6) is 0.00736. The number of allylic oxidation sites excluding steroid dienone is 1. The summed E-state index contributed by atoms with van der Waals surface area (Å²) in [5, 5.41) is 17.5. The normalized spacial score (nSPS) is 18.8. The van der Waals surface area contributed by atoms with Crippen molar-refractivity contribution >= 4 is 23.7 Å². The molecule has 3 aliphatic rings. The van der Waals surface area contributed by atoms with E-state index < -0.39 is 11.4 Å². The maximum Gasteiger partial charge on any atom is 0.313 e. The summed E-state index contributed by atoms with van der Waals surface area (Å²) in [7, 11) is 0. The molecule has 5 rings (SSSR count). The van der Waals surface area contributed by atoms with Gasteiger partial charge in [0, 0.05) is 12.1 Å². The van der Waals surface area contributed by atoms with Crippen LogP contribution >= 0.6 is 0 Å². The molecule has 0 radical (unpaired) electrons. The van der Waals surface area contributed by atoms with E-state index in [2.05, 4.69) is 10.4 Å². The van der Waals surface area contributed by atoms with Crippen LogP contribution in [0.4, 0.5) is 0 Å². The number of carbonyl (C=O) groups excluding carboxylic acids is 2. The molecule has 0 spiro atoms. The first-order chi connectivity index (χ1) is 19.4. The number of hydrogen-bond donors (Lipinski definition) is 2. The number of amides is 2. The fourth-order valence-electron chi connectivity index (χ4n) is 5.37. The van der Waals surface area contributed by atoms with Crippen molar-refractivity contribution in [3.05, 3.63) is 83.4 Å². The van der Waals surface area contributed by atoms with Gasteiger partial charge in [0.1, 0.15) is 0 Å². The minimum Gasteiger partial charge on any atom is -0.481 e. The van der Waals surface area contributed by atoms with Crippen LogP contribution < -0.4 is 5.32 Å². The minimum absolute atomic E-state index is 0.0211. The Bertz CT molecular complexity index is 1230. The van der Waals surface area contributed by atoms with Gasteiger partial charge in [0.25, 0.3) is 5.91 Å². The summed E-state index contributed by atoms with van der Waals surface area (Å²) in [4.78, 5) is 35.5. The molecule has 8 nitrogen and oxygen atoms in total. The maximum absolute atomic E-state index is 12.8. The van der Waals surface area contributed by atoms with Gasteiger partial charge in [-0.2, -0.15) is 0 Å². The second kappa shape index (κ2) is 13.4. The van der Waals surface area contributed by atoms with E-state index >= 15 is 0 Å². The van der Waals surface area contributed by atoms with Gasteiger partial charge >= 0.3 is 5.97 Å². The van der Waals surface area contributed by atoms with Crippen molar-refractivity contribution < 1.29 is 24.2 Å². The summed E-state index contributed by atoms with van der Waals surface area (Å²) < 4.78 is 5.52. The number of carbonyl (C=O) groups is 3. The first-order valence-electron chi connectivity index (χ1n) is 14.2. The van der Waals surface area contributed by atoms with E-state index in [1.807, 2.05) is 68.4 Å². The zero-order valence-corrected chi connectivity index (χ0v) is 23.3. The number of carboxylic acids is 1. The molecule has 212 valence electrons. The highest BCUT2D eigenvalue weighted by Gasteiger charge is 2.47. The number of hydrogen-bond acceptors (Lipinski definition) is 5. The van der Waals surface area contributed by atoms with Gasteiger partial charge in [-0.15, -0.1) is 5.10 Å². The molecule has 2 saturated carbocycles. The lowest BCUT2D eigenvalue weighted by atomic mass is 9.84. The number of carboxylic acid groups (broad SMARTS) is 1. The summed E-state index contributed by atoms with van der Waals surface area (Å²) >= 11 is 0. The number of nitrogens with one attached hydrogen (secondary N) is 1. The third kappa shape index (κ3) is 7.17. The number of benzene rings is 2. The molecule has 0 aromatic heterocycles. The van der Waals surface area contributed by atoms with Crippen LogP contribution in [0.5, 0.6) is 0 Å². The average Bonchev–Trinajstić information content (AvgIpc) is 3.56. The molecule has 8 heteroatoms. The monoisotopic (exact) mass is 545 g/mol. The molecule has 2 amide bonds. The Morgan fingerprint density at radius 3 is 2.35 bits per heavy atom. The van der Waals surface area contributed by atoms with Crippen LogP contribution in [0.15, 0.2) is 71.9 Å². The lowest BCUT2D eigenvalue weighted by Crippen LogP contribution is -2.36. The van der Waals surface area contributed by atoms with Crippen molar-refractivity contribution in [2.24, 2.45) is 16.4 Å². The third-order valence-electron chi connectivity index (χ3n) is 7.73. The zero-order chi connectivity index (χ0) is 28.5. The number of rotatable bonds is 9. The van der Waals surface area contributed by atoms with Crippen LogP contribution in [-0.4, -0.2) is 46.9 Å². The van der Waals surface area contributed by atoms with Gasteiger partial charge in [0.2, 0.25) is 11.8 Å². The van der Waals surface area contributed by atoms with Gasteiger partial charge < -0.3 is 15.2 Å². The van der Waals surface area contributed by atoms with Crippen molar-refractivity contribution in [3.8, 4) is 0 Å². The standard InChI is InChI=1S/C25H29N3O3.C7H10O2/c1-2-26-24(30)23(19-8-6-7-9-19)20-14-12-18(13-15-20)16-28-22(29)17-31-25(27-28)21-10-4-3-5-11-21;1-2-3-7(4-5-7)6(8)9/h3-5,10-15,19,23H,2,6-9,16-17H2,1H3,(H,26,30);2-3H,4-5H2,1H3,(H,8,9)/b;3-2-. The molecular weight excluding hydrogens is 506 g/mol. The molecule has 40 heavy (non-hydrogen) atoms. The molecule has 1 unspecified atom stereocenters. The first-order valence-corrected chi connectivity index (χ1v) is 14.2. The van der Waals surface area contributed by atoms with Crippen LogP contribution in [0.1, 0.15) is 75.0 Å². The first kappa shape index (κ1) is 29.1. The van der Waals surface area contributed by atoms with E-state index in [9.17, 15) is 14.4 Å².